The number of nitrogens with zero attached hydrogens (tertiary/aromatic N) is 3. The van der Waals surface area contributed by atoms with Crippen LogP contribution in [0.25, 0.3) is 11.4 Å². The van der Waals surface area contributed by atoms with Crippen molar-refractivity contribution in [3.63, 3.8) is 0 Å². The van der Waals surface area contributed by atoms with Crippen LogP contribution in [0.3, 0.4) is 0 Å². The minimum absolute atomic E-state index is 0.0157. The number of furan rings is 1. The lowest BCUT2D eigenvalue weighted by Crippen LogP contribution is -2.13. The highest BCUT2D eigenvalue weighted by Crippen LogP contribution is 2.40. The van der Waals surface area contributed by atoms with Gasteiger partial charge >= 0.3 is 0 Å². The van der Waals surface area contributed by atoms with Gasteiger partial charge in [-0.15, -0.1) is 10.2 Å². The summed E-state index contributed by atoms with van der Waals surface area (Å²) >= 11 is 1.58. The third kappa shape index (κ3) is 2.23. The fraction of sp³-hybridized carbons (Fsp3) is 0.200. The van der Waals surface area contributed by atoms with E-state index in [1.165, 1.54) is 0 Å². The smallest absolute Gasteiger partial charge is 0.212 e. The molecule has 1 aliphatic rings. The second-order valence-corrected chi connectivity index (χ2v) is 5.81. The van der Waals surface area contributed by atoms with Gasteiger partial charge in [0.25, 0.3) is 0 Å². The van der Waals surface area contributed by atoms with Crippen molar-refractivity contribution in [1.82, 2.24) is 14.9 Å². The highest BCUT2D eigenvalue weighted by Gasteiger charge is 2.29. The van der Waals surface area contributed by atoms with Gasteiger partial charge in [0.15, 0.2) is 11.2 Å². The summed E-state index contributed by atoms with van der Waals surface area (Å²) in [5.74, 6) is 2.50. The minimum Gasteiger partial charge on any atom is -0.494 e. The molecule has 0 saturated heterocycles. The van der Waals surface area contributed by atoms with E-state index in [-0.39, 0.29) is 5.37 Å². The lowest BCUT2D eigenvalue weighted by Gasteiger charge is -2.09. The monoisotopic (exact) mass is 314 g/mol. The highest BCUT2D eigenvalue weighted by molar-refractivity contribution is 7.99. The number of hydrogen-bond acceptors (Lipinski definition) is 6. The van der Waals surface area contributed by atoms with Gasteiger partial charge in [0, 0.05) is 5.56 Å². The van der Waals surface area contributed by atoms with Crippen molar-refractivity contribution in [2.24, 2.45) is 0 Å². The summed E-state index contributed by atoms with van der Waals surface area (Å²) < 4.78 is 12.8. The van der Waals surface area contributed by atoms with Gasteiger partial charge in [0.1, 0.15) is 11.5 Å². The standard InChI is InChI=1S/C15H14N4O2S/c1-2-20-11-7-5-10(6-8-11)13-16-17-15-19(13)18-14(22-15)12-4-3-9-21-12/h3-9,14,18H,2H2,1H3/t14-/m0/s1. The molecule has 7 heteroatoms. The first-order valence-corrected chi connectivity index (χ1v) is 7.88. The molecule has 0 unspecified atom stereocenters. The maximum absolute atomic E-state index is 5.46. The predicted octanol–water partition coefficient (Wildman–Crippen LogP) is 3.28. The van der Waals surface area contributed by atoms with Gasteiger partial charge in [-0.1, -0.05) is 0 Å². The van der Waals surface area contributed by atoms with Crippen molar-refractivity contribution >= 4 is 11.8 Å². The van der Waals surface area contributed by atoms with Crippen molar-refractivity contribution in [3.8, 4) is 17.1 Å². The zero-order valence-corrected chi connectivity index (χ0v) is 12.7. The molecule has 0 spiro atoms. The summed E-state index contributed by atoms with van der Waals surface area (Å²) in [6.07, 6.45) is 1.67. The number of hydrogen-bond donors (Lipinski definition) is 1. The van der Waals surface area contributed by atoms with E-state index in [1.54, 1.807) is 18.0 Å². The molecule has 0 saturated carbocycles. The Bertz CT molecular complexity index is 767. The lowest BCUT2D eigenvalue weighted by atomic mass is 10.2. The van der Waals surface area contributed by atoms with Crippen LogP contribution in [0.5, 0.6) is 5.75 Å². The number of benzene rings is 1. The average Bonchev–Trinajstić information content (AvgIpc) is 3.24. The Morgan fingerprint density at radius 3 is 2.86 bits per heavy atom. The normalized spacial score (nSPS) is 16.3. The molecule has 0 amide bonds. The SMILES string of the molecule is CCOc1ccc(-c2nnc3n2N[C@H](c2ccco2)S3)cc1. The quantitative estimate of drug-likeness (QED) is 0.797. The number of thioether (sulfide) groups is 1. The van der Waals surface area contributed by atoms with E-state index in [4.69, 9.17) is 9.15 Å². The summed E-state index contributed by atoms with van der Waals surface area (Å²) in [6, 6.07) is 11.7. The third-order valence-electron chi connectivity index (χ3n) is 3.33. The molecule has 1 aromatic carbocycles. The number of nitrogens with one attached hydrogen (secondary N) is 1. The summed E-state index contributed by atoms with van der Waals surface area (Å²) in [7, 11) is 0. The van der Waals surface area contributed by atoms with Crippen molar-refractivity contribution in [1.29, 1.82) is 0 Å². The van der Waals surface area contributed by atoms with Gasteiger partial charge in [0.2, 0.25) is 5.16 Å². The zero-order valence-electron chi connectivity index (χ0n) is 11.9. The Labute approximate surface area is 131 Å². The molecule has 1 atom stereocenters. The van der Waals surface area contributed by atoms with Crippen molar-refractivity contribution in [2.45, 2.75) is 17.5 Å². The molecule has 112 valence electrons. The van der Waals surface area contributed by atoms with E-state index in [0.29, 0.717) is 6.61 Å². The topological polar surface area (TPSA) is 65.1 Å². The van der Waals surface area contributed by atoms with E-state index >= 15 is 0 Å². The Morgan fingerprint density at radius 2 is 2.14 bits per heavy atom. The predicted molar refractivity (Wildman–Crippen MR) is 83.3 cm³/mol. The Hall–Kier alpha value is -2.41. The summed E-state index contributed by atoms with van der Waals surface area (Å²) in [5.41, 5.74) is 4.34. The maximum Gasteiger partial charge on any atom is 0.212 e. The molecule has 2 aromatic heterocycles. The third-order valence-corrected chi connectivity index (χ3v) is 4.38. The van der Waals surface area contributed by atoms with Crippen LogP contribution in [-0.4, -0.2) is 21.5 Å². The maximum atomic E-state index is 5.46. The van der Waals surface area contributed by atoms with E-state index < -0.39 is 0 Å². The molecule has 4 rings (SSSR count). The van der Waals surface area contributed by atoms with E-state index in [0.717, 1.165) is 28.1 Å². The van der Waals surface area contributed by atoms with Crippen LogP contribution in [0, 0.1) is 0 Å². The number of ether oxygens (including phenoxy) is 1. The van der Waals surface area contributed by atoms with Crippen LogP contribution in [0.1, 0.15) is 18.1 Å². The van der Waals surface area contributed by atoms with Gasteiger partial charge < -0.3 is 14.6 Å². The Morgan fingerprint density at radius 1 is 1.27 bits per heavy atom. The molecule has 1 aliphatic heterocycles. The van der Waals surface area contributed by atoms with Crippen LogP contribution in [-0.2, 0) is 0 Å². The van der Waals surface area contributed by atoms with E-state index in [9.17, 15) is 0 Å². The van der Waals surface area contributed by atoms with Gasteiger partial charge in [0.05, 0.1) is 12.9 Å². The highest BCUT2D eigenvalue weighted by atomic mass is 32.2. The number of aromatic nitrogens is 3. The molecule has 22 heavy (non-hydrogen) atoms. The second-order valence-electron chi connectivity index (χ2n) is 4.74. The summed E-state index contributed by atoms with van der Waals surface area (Å²) in [5, 5.41) is 9.33. The molecule has 1 N–H and O–H groups in total. The number of rotatable bonds is 4. The van der Waals surface area contributed by atoms with Crippen molar-refractivity contribution in [3.05, 3.63) is 48.4 Å². The molecule has 0 radical (unpaired) electrons. The van der Waals surface area contributed by atoms with Crippen LogP contribution >= 0.6 is 11.8 Å². The van der Waals surface area contributed by atoms with E-state index in [1.807, 2.05) is 48.0 Å². The van der Waals surface area contributed by atoms with E-state index in [2.05, 4.69) is 15.6 Å². The van der Waals surface area contributed by atoms with Crippen molar-refractivity contribution < 1.29 is 9.15 Å². The molecule has 0 aliphatic carbocycles. The number of fused-ring (bicyclic) bond motifs is 1. The van der Waals surface area contributed by atoms with Crippen LogP contribution < -0.4 is 10.2 Å². The second kappa shape index (κ2) is 5.42. The van der Waals surface area contributed by atoms with Gasteiger partial charge in [-0.2, -0.15) is 0 Å². The molecule has 0 fully saturated rings. The lowest BCUT2D eigenvalue weighted by molar-refractivity contribution is 0.340. The molecule has 6 nitrogen and oxygen atoms in total. The largest absolute Gasteiger partial charge is 0.494 e. The van der Waals surface area contributed by atoms with Gasteiger partial charge in [-0.3, -0.25) is 0 Å². The average molecular weight is 314 g/mol. The van der Waals surface area contributed by atoms with Gasteiger partial charge in [-0.05, 0) is 55.1 Å². The summed E-state index contributed by atoms with van der Waals surface area (Å²) in [4.78, 5) is 0. The molecule has 0 bridgehead atoms. The van der Waals surface area contributed by atoms with Crippen LogP contribution in [0.4, 0.5) is 0 Å². The summed E-state index contributed by atoms with van der Waals surface area (Å²) in [6.45, 7) is 2.62. The first kappa shape index (κ1) is 13.3. The molecule has 3 heterocycles. The molecular weight excluding hydrogens is 300 g/mol. The Balaban J connectivity index is 1.61. The Kier molecular flexibility index (Phi) is 3.27. The zero-order chi connectivity index (χ0) is 14.9. The molecule has 3 aromatic rings. The first-order chi connectivity index (χ1) is 10.8. The van der Waals surface area contributed by atoms with Gasteiger partial charge in [-0.25, -0.2) is 4.68 Å². The molecular formula is C15H14N4O2S. The fourth-order valence-electron chi connectivity index (χ4n) is 2.33. The fourth-order valence-corrected chi connectivity index (χ4v) is 3.28. The van der Waals surface area contributed by atoms with Crippen LogP contribution in [0.2, 0.25) is 0 Å². The minimum atomic E-state index is 0.0157. The van der Waals surface area contributed by atoms with Crippen molar-refractivity contribution in [2.75, 3.05) is 12.0 Å². The first-order valence-electron chi connectivity index (χ1n) is 7.00. The van der Waals surface area contributed by atoms with Crippen LogP contribution in [0.15, 0.2) is 52.2 Å².